The summed E-state index contributed by atoms with van der Waals surface area (Å²) in [7, 11) is 1.73. The summed E-state index contributed by atoms with van der Waals surface area (Å²) in [5.74, 6) is 0.425. The van der Waals surface area contributed by atoms with Crippen molar-refractivity contribution in [1.82, 2.24) is 9.78 Å². The number of furan rings is 1. The standard InChI is InChI=1S/C20H21N3O3S/c1-11-6-7-13-16(9-11)27-20(17(13)18(24)15-5-4-8-26-15)21-19(25)14-10-12(2)22-23(14)3/h4-5,8,10-11H,6-7,9H2,1-3H3,(H,21,25). The smallest absolute Gasteiger partial charge is 0.274 e. The third-order valence-electron chi connectivity index (χ3n) is 4.95. The fourth-order valence-corrected chi connectivity index (χ4v) is 5.00. The first-order chi connectivity index (χ1) is 12.9. The minimum absolute atomic E-state index is 0.177. The number of nitrogens with zero attached hydrogens (tertiary/aromatic N) is 2. The van der Waals surface area contributed by atoms with E-state index in [1.54, 1.807) is 29.9 Å². The molecule has 27 heavy (non-hydrogen) atoms. The molecule has 0 spiro atoms. The predicted octanol–water partition coefficient (Wildman–Crippen LogP) is 3.99. The predicted molar refractivity (Wildman–Crippen MR) is 104 cm³/mol. The number of ketones is 1. The van der Waals surface area contributed by atoms with Gasteiger partial charge in [-0.2, -0.15) is 5.10 Å². The van der Waals surface area contributed by atoms with Gasteiger partial charge in [0, 0.05) is 11.9 Å². The van der Waals surface area contributed by atoms with Gasteiger partial charge < -0.3 is 9.73 Å². The zero-order chi connectivity index (χ0) is 19.1. The summed E-state index contributed by atoms with van der Waals surface area (Å²) in [6.45, 7) is 4.06. The Morgan fingerprint density at radius 3 is 2.89 bits per heavy atom. The van der Waals surface area contributed by atoms with Crippen LogP contribution in [0.2, 0.25) is 0 Å². The first-order valence-electron chi connectivity index (χ1n) is 8.98. The number of carbonyl (C=O) groups excluding carboxylic acids is 2. The summed E-state index contributed by atoms with van der Waals surface area (Å²) < 4.78 is 6.88. The zero-order valence-electron chi connectivity index (χ0n) is 15.5. The van der Waals surface area contributed by atoms with Gasteiger partial charge in [-0.1, -0.05) is 6.92 Å². The van der Waals surface area contributed by atoms with E-state index in [9.17, 15) is 9.59 Å². The van der Waals surface area contributed by atoms with Gasteiger partial charge in [0.1, 0.15) is 10.7 Å². The number of fused-ring (bicyclic) bond motifs is 1. The molecule has 3 heterocycles. The molecule has 1 unspecified atom stereocenters. The highest BCUT2D eigenvalue weighted by Crippen LogP contribution is 2.41. The highest BCUT2D eigenvalue weighted by atomic mass is 32.1. The summed E-state index contributed by atoms with van der Waals surface area (Å²) in [4.78, 5) is 27.0. The highest BCUT2D eigenvalue weighted by Gasteiger charge is 2.30. The van der Waals surface area contributed by atoms with Crippen molar-refractivity contribution >= 4 is 28.0 Å². The lowest BCUT2D eigenvalue weighted by molar-refractivity contribution is 0.101. The van der Waals surface area contributed by atoms with Crippen LogP contribution in [0.25, 0.3) is 0 Å². The van der Waals surface area contributed by atoms with Gasteiger partial charge in [0.25, 0.3) is 5.91 Å². The number of amides is 1. The SMILES string of the molecule is Cc1cc(C(=O)Nc2sc3c(c2C(=O)c2ccco2)CCC(C)C3)n(C)n1. The second-order valence-electron chi connectivity index (χ2n) is 7.11. The molecule has 1 aliphatic rings. The maximum atomic E-state index is 13.1. The van der Waals surface area contributed by atoms with Crippen molar-refractivity contribution in [3.05, 3.63) is 57.6 Å². The molecule has 7 heteroatoms. The van der Waals surface area contributed by atoms with Crippen LogP contribution in [-0.4, -0.2) is 21.5 Å². The van der Waals surface area contributed by atoms with Crippen LogP contribution in [0.4, 0.5) is 5.00 Å². The Morgan fingerprint density at radius 1 is 1.41 bits per heavy atom. The third-order valence-corrected chi connectivity index (χ3v) is 6.12. The van der Waals surface area contributed by atoms with Crippen LogP contribution in [0.15, 0.2) is 28.9 Å². The summed E-state index contributed by atoms with van der Waals surface area (Å²) in [6.07, 6.45) is 4.30. The van der Waals surface area contributed by atoms with Gasteiger partial charge in [-0.3, -0.25) is 14.3 Å². The average Bonchev–Trinajstić information content (AvgIpc) is 3.32. The Hall–Kier alpha value is -2.67. The lowest BCUT2D eigenvalue weighted by atomic mass is 9.87. The van der Waals surface area contributed by atoms with E-state index in [-0.39, 0.29) is 11.7 Å². The lowest BCUT2D eigenvalue weighted by Crippen LogP contribution is -2.18. The van der Waals surface area contributed by atoms with Gasteiger partial charge in [-0.05, 0) is 55.9 Å². The van der Waals surface area contributed by atoms with Crippen molar-refractivity contribution in [2.24, 2.45) is 13.0 Å². The minimum Gasteiger partial charge on any atom is -0.461 e. The maximum absolute atomic E-state index is 13.1. The molecule has 0 fully saturated rings. The first kappa shape index (κ1) is 17.7. The van der Waals surface area contributed by atoms with E-state index >= 15 is 0 Å². The number of nitrogens with one attached hydrogen (secondary N) is 1. The van der Waals surface area contributed by atoms with Crippen LogP contribution >= 0.6 is 11.3 Å². The Morgan fingerprint density at radius 2 is 2.22 bits per heavy atom. The molecule has 3 aromatic heterocycles. The van der Waals surface area contributed by atoms with E-state index in [4.69, 9.17) is 4.42 Å². The second kappa shape index (κ2) is 6.81. The molecule has 1 N–H and O–H groups in total. The number of rotatable bonds is 4. The van der Waals surface area contributed by atoms with E-state index in [0.29, 0.717) is 27.9 Å². The van der Waals surface area contributed by atoms with Gasteiger partial charge in [0.15, 0.2) is 5.76 Å². The average molecular weight is 383 g/mol. The minimum atomic E-state index is -0.266. The fraction of sp³-hybridized carbons (Fsp3) is 0.350. The van der Waals surface area contributed by atoms with Crippen LogP contribution in [0, 0.1) is 12.8 Å². The highest BCUT2D eigenvalue weighted by molar-refractivity contribution is 7.17. The Kier molecular flexibility index (Phi) is 4.47. The van der Waals surface area contributed by atoms with Crippen molar-refractivity contribution in [2.45, 2.75) is 33.1 Å². The number of hydrogen-bond donors (Lipinski definition) is 1. The summed E-state index contributed by atoms with van der Waals surface area (Å²) in [5.41, 5.74) is 2.86. The van der Waals surface area contributed by atoms with Gasteiger partial charge in [0.2, 0.25) is 5.78 Å². The largest absolute Gasteiger partial charge is 0.461 e. The van der Waals surface area contributed by atoms with Gasteiger partial charge in [0.05, 0.1) is 17.5 Å². The van der Waals surface area contributed by atoms with E-state index in [1.807, 2.05) is 6.92 Å². The molecule has 4 rings (SSSR count). The molecule has 0 aliphatic heterocycles. The number of thiophene rings is 1. The van der Waals surface area contributed by atoms with Crippen molar-refractivity contribution in [1.29, 1.82) is 0 Å². The number of carbonyl (C=O) groups is 2. The molecule has 0 radical (unpaired) electrons. The van der Waals surface area contributed by atoms with E-state index in [2.05, 4.69) is 17.3 Å². The molecule has 3 aromatic rings. The molecule has 6 nitrogen and oxygen atoms in total. The molecule has 0 saturated heterocycles. The van der Waals surface area contributed by atoms with Gasteiger partial charge >= 0.3 is 0 Å². The molecule has 0 aromatic carbocycles. The molecule has 1 amide bonds. The van der Waals surface area contributed by atoms with Crippen LogP contribution in [0.1, 0.15) is 56.1 Å². The van der Waals surface area contributed by atoms with Crippen molar-refractivity contribution in [3.8, 4) is 0 Å². The van der Waals surface area contributed by atoms with Crippen molar-refractivity contribution in [2.75, 3.05) is 5.32 Å². The lowest BCUT2D eigenvalue weighted by Gasteiger charge is -2.18. The molecule has 140 valence electrons. The molecule has 0 saturated carbocycles. The summed E-state index contributed by atoms with van der Waals surface area (Å²) in [6, 6.07) is 5.09. The van der Waals surface area contributed by atoms with Crippen molar-refractivity contribution in [3.63, 3.8) is 0 Å². The first-order valence-corrected chi connectivity index (χ1v) is 9.80. The molecular weight excluding hydrogens is 362 g/mol. The van der Waals surface area contributed by atoms with Crippen LogP contribution in [0.5, 0.6) is 0 Å². The summed E-state index contributed by atoms with van der Waals surface area (Å²) >= 11 is 1.50. The van der Waals surface area contributed by atoms with E-state index in [1.165, 1.54) is 22.5 Å². The Bertz CT molecular complexity index is 1010. The molecule has 1 aliphatic carbocycles. The van der Waals surface area contributed by atoms with E-state index < -0.39 is 0 Å². The second-order valence-corrected chi connectivity index (χ2v) is 8.22. The monoisotopic (exact) mass is 383 g/mol. The van der Waals surface area contributed by atoms with Gasteiger partial charge in [-0.15, -0.1) is 11.3 Å². The topological polar surface area (TPSA) is 77.1 Å². The van der Waals surface area contributed by atoms with Gasteiger partial charge in [-0.25, -0.2) is 0 Å². The quantitative estimate of drug-likeness (QED) is 0.691. The number of hydrogen-bond acceptors (Lipinski definition) is 5. The Labute approximate surface area is 161 Å². The van der Waals surface area contributed by atoms with Crippen molar-refractivity contribution < 1.29 is 14.0 Å². The normalized spacial score (nSPS) is 16.2. The molecule has 1 atom stereocenters. The Balaban J connectivity index is 1.74. The van der Waals surface area contributed by atoms with Crippen LogP contribution < -0.4 is 5.32 Å². The maximum Gasteiger partial charge on any atom is 0.274 e. The van der Waals surface area contributed by atoms with Crippen LogP contribution in [0.3, 0.4) is 0 Å². The fourth-order valence-electron chi connectivity index (χ4n) is 3.60. The zero-order valence-corrected chi connectivity index (χ0v) is 16.4. The molecule has 0 bridgehead atoms. The van der Waals surface area contributed by atoms with E-state index in [0.717, 1.165) is 30.5 Å². The third kappa shape index (κ3) is 3.23. The van der Waals surface area contributed by atoms with Crippen LogP contribution in [-0.2, 0) is 19.9 Å². The molecular formula is C20H21N3O3S. The number of aromatic nitrogens is 2. The number of aryl methyl sites for hydroxylation is 2. The summed E-state index contributed by atoms with van der Waals surface area (Å²) in [5, 5.41) is 7.77. The number of anilines is 1.